The van der Waals surface area contributed by atoms with Crippen LogP contribution in [-0.2, 0) is 4.79 Å². The first kappa shape index (κ1) is 12.8. The Bertz CT molecular complexity index is 251. The molecule has 0 heterocycles. The molecule has 1 rings (SSSR count). The van der Waals surface area contributed by atoms with Gasteiger partial charge in [-0.3, -0.25) is 0 Å². The number of amides is 2. The van der Waals surface area contributed by atoms with E-state index in [1.807, 2.05) is 0 Å². The molecule has 0 bridgehead atoms. The second-order valence-electron chi connectivity index (χ2n) is 4.00. The highest BCUT2D eigenvalue weighted by atomic mass is 16.4. The van der Waals surface area contributed by atoms with Gasteiger partial charge in [0.05, 0.1) is 0 Å². The van der Waals surface area contributed by atoms with Gasteiger partial charge in [0.2, 0.25) is 0 Å². The van der Waals surface area contributed by atoms with E-state index in [4.69, 9.17) is 10.2 Å². The third-order valence-corrected chi connectivity index (χ3v) is 2.71. The fraction of sp³-hybridized carbons (Fsp3) is 0.800. The smallest absolute Gasteiger partial charge is 0.326 e. The van der Waals surface area contributed by atoms with Crippen LogP contribution in [0.15, 0.2) is 0 Å². The summed E-state index contributed by atoms with van der Waals surface area (Å²) < 4.78 is 0. The molecule has 1 aliphatic rings. The third-order valence-electron chi connectivity index (χ3n) is 2.71. The number of carbonyl (C=O) groups is 2. The minimum Gasteiger partial charge on any atom is -0.480 e. The lowest BCUT2D eigenvalue weighted by molar-refractivity contribution is -0.139. The first-order valence-corrected chi connectivity index (χ1v) is 5.54. The van der Waals surface area contributed by atoms with Gasteiger partial charge in [-0.25, -0.2) is 9.59 Å². The molecule has 1 atom stereocenters. The summed E-state index contributed by atoms with van der Waals surface area (Å²) >= 11 is 0. The Morgan fingerprint density at radius 1 is 1.31 bits per heavy atom. The quantitative estimate of drug-likeness (QED) is 0.537. The molecule has 0 aromatic heterocycles. The topological polar surface area (TPSA) is 98.7 Å². The summed E-state index contributed by atoms with van der Waals surface area (Å²) in [6, 6.07) is -1.33. The highest BCUT2D eigenvalue weighted by molar-refractivity contribution is 5.82. The van der Waals surface area contributed by atoms with Gasteiger partial charge in [-0.05, 0) is 12.8 Å². The van der Waals surface area contributed by atoms with Gasteiger partial charge in [-0.2, -0.15) is 0 Å². The molecule has 2 amide bonds. The van der Waals surface area contributed by atoms with Crippen LogP contribution in [-0.4, -0.2) is 40.9 Å². The van der Waals surface area contributed by atoms with Crippen molar-refractivity contribution in [3.05, 3.63) is 0 Å². The molecule has 92 valence electrons. The Kier molecular flexibility index (Phi) is 5.04. The Morgan fingerprint density at radius 3 is 2.44 bits per heavy atom. The molecule has 6 nitrogen and oxygen atoms in total. The number of aliphatic carboxylic acids is 1. The number of rotatable bonds is 5. The molecule has 16 heavy (non-hydrogen) atoms. The van der Waals surface area contributed by atoms with Crippen molar-refractivity contribution < 1.29 is 19.8 Å². The van der Waals surface area contributed by atoms with Crippen LogP contribution in [0, 0.1) is 0 Å². The molecule has 0 saturated heterocycles. The number of nitrogens with one attached hydrogen (secondary N) is 2. The summed E-state index contributed by atoms with van der Waals surface area (Å²) in [5.41, 5.74) is 0. The molecule has 0 aromatic rings. The first-order chi connectivity index (χ1) is 7.63. The van der Waals surface area contributed by atoms with Crippen LogP contribution in [0.5, 0.6) is 0 Å². The fourth-order valence-corrected chi connectivity index (χ4v) is 1.84. The van der Waals surface area contributed by atoms with Crippen LogP contribution in [0.2, 0.25) is 0 Å². The van der Waals surface area contributed by atoms with E-state index >= 15 is 0 Å². The van der Waals surface area contributed by atoms with Crippen molar-refractivity contribution in [1.29, 1.82) is 0 Å². The Labute approximate surface area is 94.0 Å². The summed E-state index contributed by atoms with van der Waals surface area (Å²) in [4.78, 5) is 22.1. The molecule has 6 heteroatoms. The predicted molar refractivity (Wildman–Crippen MR) is 57.1 cm³/mol. The van der Waals surface area contributed by atoms with Crippen LogP contribution in [0.3, 0.4) is 0 Å². The van der Waals surface area contributed by atoms with E-state index in [0.29, 0.717) is 0 Å². The largest absolute Gasteiger partial charge is 0.480 e. The highest BCUT2D eigenvalue weighted by Crippen LogP contribution is 2.17. The third kappa shape index (κ3) is 4.06. The number of carbonyl (C=O) groups excluding carboxylic acids is 1. The van der Waals surface area contributed by atoms with Gasteiger partial charge in [-0.15, -0.1) is 0 Å². The molecule has 0 spiro atoms. The lowest BCUT2D eigenvalue weighted by atomic mass is 10.2. The van der Waals surface area contributed by atoms with Gasteiger partial charge in [-0.1, -0.05) is 12.8 Å². The van der Waals surface area contributed by atoms with Crippen LogP contribution in [0.1, 0.15) is 32.1 Å². The maximum absolute atomic E-state index is 11.4. The standard InChI is InChI=1S/C10H18N2O4/c13-6-5-8(9(14)15)12-10(16)11-7-3-1-2-4-7/h7-8,13H,1-6H2,(H,14,15)(H2,11,12,16)/t8-/m1/s1. The van der Waals surface area contributed by atoms with E-state index in [1.165, 1.54) is 0 Å². The van der Waals surface area contributed by atoms with Gasteiger partial charge in [0, 0.05) is 19.1 Å². The molecule has 1 saturated carbocycles. The van der Waals surface area contributed by atoms with Gasteiger partial charge in [0.15, 0.2) is 0 Å². The molecule has 0 aliphatic heterocycles. The second-order valence-corrected chi connectivity index (χ2v) is 4.00. The molecule has 0 aromatic carbocycles. The van der Waals surface area contributed by atoms with Crippen LogP contribution in [0.4, 0.5) is 4.79 Å². The highest BCUT2D eigenvalue weighted by Gasteiger charge is 2.22. The van der Waals surface area contributed by atoms with Crippen molar-refractivity contribution in [2.45, 2.75) is 44.2 Å². The minimum absolute atomic E-state index is 0.0213. The van der Waals surface area contributed by atoms with Gasteiger partial charge < -0.3 is 20.8 Å². The Hall–Kier alpha value is -1.30. The Balaban J connectivity index is 2.32. The summed E-state index contributed by atoms with van der Waals surface area (Å²) in [5, 5.41) is 22.5. The summed E-state index contributed by atoms with van der Waals surface area (Å²) in [6.45, 7) is -0.263. The summed E-state index contributed by atoms with van der Waals surface area (Å²) in [6.07, 6.45) is 4.12. The molecule has 1 aliphatic carbocycles. The molecular formula is C10H18N2O4. The van der Waals surface area contributed by atoms with Gasteiger partial charge >= 0.3 is 12.0 Å². The lowest BCUT2D eigenvalue weighted by Gasteiger charge is -2.17. The van der Waals surface area contributed by atoms with E-state index in [1.54, 1.807) is 0 Å². The number of aliphatic hydroxyl groups excluding tert-OH is 1. The van der Waals surface area contributed by atoms with E-state index in [-0.39, 0.29) is 19.1 Å². The van der Waals surface area contributed by atoms with Crippen molar-refractivity contribution in [3.8, 4) is 0 Å². The maximum atomic E-state index is 11.4. The number of hydrogen-bond donors (Lipinski definition) is 4. The molecule has 0 radical (unpaired) electrons. The molecule has 0 unspecified atom stereocenters. The van der Waals surface area contributed by atoms with Gasteiger partial charge in [0.1, 0.15) is 6.04 Å². The fourth-order valence-electron chi connectivity index (χ4n) is 1.84. The number of urea groups is 1. The van der Waals surface area contributed by atoms with Crippen LogP contribution >= 0.6 is 0 Å². The van der Waals surface area contributed by atoms with E-state index in [2.05, 4.69) is 10.6 Å². The number of carboxylic acids is 1. The zero-order chi connectivity index (χ0) is 12.0. The van der Waals surface area contributed by atoms with Crippen LogP contribution < -0.4 is 10.6 Å². The molecule has 4 N–H and O–H groups in total. The van der Waals surface area contributed by atoms with Crippen molar-refractivity contribution in [1.82, 2.24) is 10.6 Å². The monoisotopic (exact) mass is 230 g/mol. The molecular weight excluding hydrogens is 212 g/mol. The first-order valence-electron chi connectivity index (χ1n) is 5.54. The minimum atomic E-state index is -1.13. The zero-order valence-electron chi connectivity index (χ0n) is 9.11. The summed E-state index contributed by atoms with van der Waals surface area (Å²) in [7, 11) is 0. The molecule has 1 fully saturated rings. The van der Waals surface area contributed by atoms with E-state index in [0.717, 1.165) is 25.7 Å². The van der Waals surface area contributed by atoms with Crippen molar-refractivity contribution in [2.24, 2.45) is 0 Å². The number of aliphatic hydroxyl groups is 1. The van der Waals surface area contributed by atoms with E-state index < -0.39 is 18.0 Å². The van der Waals surface area contributed by atoms with Gasteiger partial charge in [0.25, 0.3) is 0 Å². The SMILES string of the molecule is O=C(NC1CCCC1)N[C@H](CCO)C(=O)O. The number of carboxylic acid groups (broad SMARTS) is 1. The number of hydrogen-bond acceptors (Lipinski definition) is 3. The Morgan fingerprint density at radius 2 is 1.94 bits per heavy atom. The van der Waals surface area contributed by atoms with Crippen LogP contribution in [0.25, 0.3) is 0 Å². The average molecular weight is 230 g/mol. The zero-order valence-corrected chi connectivity index (χ0v) is 9.11. The normalized spacial score (nSPS) is 18.1. The average Bonchev–Trinajstić information content (AvgIpc) is 2.69. The predicted octanol–water partition coefficient (Wildman–Crippen LogP) is 0.0638. The summed E-state index contributed by atoms with van der Waals surface area (Å²) in [5.74, 6) is -1.13. The van der Waals surface area contributed by atoms with E-state index in [9.17, 15) is 9.59 Å². The van der Waals surface area contributed by atoms with Crippen molar-refractivity contribution in [3.63, 3.8) is 0 Å². The second kappa shape index (κ2) is 6.32. The lowest BCUT2D eigenvalue weighted by Crippen LogP contribution is -2.48. The van der Waals surface area contributed by atoms with Crippen molar-refractivity contribution >= 4 is 12.0 Å². The maximum Gasteiger partial charge on any atom is 0.326 e. The van der Waals surface area contributed by atoms with Crippen molar-refractivity contribution in [2.75, 3.05) is 6.61 Å².